The number of carbonyl (C=O) groups excluding carboxylic acids is 1. The number of nitrogens with one attached hydrogen (secondary N) is 2. The molecule has 9 heteroatoms. The molecule has 3 aromatic rings. The van der Waals surface area contributed by atoms with Crippen molar-refractivity contribution in [1.29, 1.82) is 0 Å². The standard InChI is InChI=1S/C29H33N3O5S/c1-36-23-16-21(17-24(19-23)37-2)29(33)30-22-12-13-27(32-14-5-6-15-32)28(18-22)38(34,35)31-26-11-7-9-20-8-3-4-10-25(20)26/h3-4,8,10,12-13,16-19,26,31H,5-7,9,11,14-15H2,1-2H3,(H,30,33)/t26-/m1/s1. The molecule has 3 aromatic carbocycles. The van der Waals surface area contributed by atoms with Crippen LogP contribution in [-0.4, -0.2) is 41.6 Å². The third-order valence-corrected chi connectivity index (χ3v) is 8.74. The first-order valence-electron chi connectivity index (χ1n) is 12.9. The Kier molecular flexibility index (Phi) is 7.58. The van der Waals surface area contributed by atoms with E-state index in [9.17, 15) is 13.2 Å². The van der Waals surface area contributed by atoms with Crippen LogP contribution in [0.4, 0.5) is 11.4 Å². The molecule has 0 saturated carbocycles. The van der Waals surface area contributed by atoms with Gasteiger partial charge in [0, 0.05) is 36.4 Å². The molecule has 2 N–H and O–H groups in total. The number of anilines is 2. The van der Waals surface area contributed by atoms with Crippen molar-refractivity contribution in [3.63, 3.8) is 0 Å². The first kappa shape index (κ1) is 26.1. The van der Waals surface area contributed by atoms with Crippen molar-refractivity contribution < 1.29 is 22.7 Å². The molecule has 0 unspecified atom stereocenters. The molecule has 1 aliphatic carbocycles. The van der Waals surface area contributed by atoms with Gasteiger partial charge in [-0.25, -0.2) is 13.1 Å². The SMILES string of the molecule is COc1cc(OC)cc(C(=O)Nc2ccc(N3CCCC3)c(S(=O)(=O)N[C@@H]3CCCc4ccccc43)c2)c1. The Morgan fingerprint density at radius 1 is 0.921 bits per heavy atom. The maximum atomic E-state index is 13.9. The van der Waals surface area contributed by atoms with E-state index in [1.165, 1.54) is 19.8 Å². The molecule has 200 valence electrons. The molecule has 1 heterocycles. The number of benzene rings is 3. The van der Waals surface area contributed by atoms with Crippen molar-refractivity contribution in [1.82, 2.24) is 4.72 Å². The molecule has 0 bridgehead atoms. The van der Waals surface area contributed by atoms with Crippen LogP contribution < -0.4 is 24.4 Å². The van der Waals surface area contributed by atoms with Crippen molar-refractivity contribution in [3.8, 4) is 11.5 Å². The molecule has 8 nitrogen and oxygen atoms in total. The summed E-state index contributed by atoms with van der Waals surface area (Å²) in [5, 5.41) is 2.85. The fraction of sp³-hybridized carbons (Fsp3) is 0.345. The van der Waals surface area contributed by atoms with Gasteiger partial charge in [0.05, 0.1) is 19.9 Å². The van der Waals surface area contributed by atoms with E-state index < -0.39 is 15.9 Å². The maximum Gasteiger partial charge on any atom is 0.255 e. The minimum Gasteiger partial charge on any atom is -0.497 e. The highest BCUT2D eigenvalue weighted by Crippen LogP contribution is 2.35. The molecule has 5 rings (SSSR count). The monoisotopic (exact) mass is 535 g/mol. The van der Waals surface area contributed by atoms with Gasteiger partial charge in [-0.3, -0.25) is 4.79 Å². The highest BCUT2D eigenvalue weighted by atomic mass is 32.2. The van der Waals surface area contributed by atoms with Crippen LogP contribution in [0.25, 0.3) is 0 Å². The van der Waals surface area contributed by atoms with E-state index in [1.54, 1.807) is 36.4 Å². The molecule has 38 heavy (non-hydrogen) atoms. The number of aryl methyl sites for hydroxylation is 1. The minimum atomic E-state index is -3.90. The fourth-order valence-electron chi connectivity index (χ4n) is 5.30. The van der Waals surface area contributed by atoms with E-state index in [-0.39, 0.29) is 10.9 Å². The number of ether oxygens (including phenoxy) is 2. The Labute approximate surface area is 224 Å². The minimum absolute atomic E-state index is 0.170. The summed E-state index contributed by atoms with van der Waals surface area (Å²) in [6, 6.07) is 17.7. The van der Waals surface area contributed by atoms with E-state index >= 15 is 0 Å². The normalized spacial score (nSPS) is 17.1. The second-order valence-corrected chi connectivity index (χ2v) is 11.4. The van der Waals surface area contributed by atoms with Crippen molar-refractivity contribution in [2.75, 3.05) is 37.5 Å². The predicted molar refractivity (Wildman–Crippen MR) is 148 cm³/mol. The van der Waals surface area contributed by atoms with E-state index in [0.717, 1.165) is 50.8 Å². The third kappa shape index (κ3) is 5.49. The van der Waals surface area contributed by atoms with Crippen LogP contribution >= 0.6 is 0 Å². The summed E-state index contributed by atoms with van der Waals surface area (Å²) in [5.41, 5.74) is 3.60. The van der Waals surface area contributed by atoms with Gasteiger partial charge in [-0.15, -0.1) is 0 Å². The zero-order valence-electron chi connectivity index (χ0n) is 21.7. The first-order chi connectivity index (χ1) is 18.4. The molecule has 0 radical (unpaired) electrons. The van der Waals surface area contributed by atoms with Gasteiger partial charge in [-0.05, 0) is 73.6 Å². The molecule has 0 aromatic heterocycles. The molecule has 1 saturated heterocycles. The maximum absolute atomic E-state index is 13.9. The van der Waals surface area contributed by atoms with E-state index in [1.807, 2.05) is 18.2 Å². The van der Waals surface area contributed by atoms with Gasteiger partial charge in [0.1, 0.15) is 16.4 Å². The number of carbonyl (C=O) groups is 1. The number of amides is 1. The van der Waals surface area contributed by atoms with E-state index in [2.05, 4.69) is 21.0 Å². The largest absolute Gasteiger partial charge is 0.497 e. The molecule has 1 fully saturated rings. The molecular formula is C29H33N3O5S. The molecular weight excluding hydrogens is 502 g/mol. The molecule has 1 aliphatic heterocycles. The first-order valence-corrected chi connectivity index (χ1v) is 14.4. The lowest BCUT2D eigenvalue weighted by atomic mass is 9.88. The molecule has 0 spiro atoms. The number of hydrogen-bond acceptors (Lipinski definition) is 6. The third-order valence-electron chi connectivity index (χ3n) is 7.23. The summed E-state index contributed by atoms with van der Waals surface area (Å²) in [5.74, 6) is 0.576. The lowest BCUT2D eigenvalue weighted by Crippen LogP contribution is -2.32. The quantitative estimate of drug-likeness (QED) is 0.425. The van der Waals surface area contributed by atoms with Crippen LogP contribution in [0.1, 0.15) is 53.2 Å². The summed E-state index contributed by atoms with van der Waals surface area (Å²) in [6.07, 6.45) is 4.63. The van der Waals surface area contributed by atoms with Gasteiger partial charge in [-0.2, -0.15) is 0 Å². The smallest absolute Gasteiger partial charge is 0.255 e. The van der Waals surface area contributed by atoms with Crippen molar-refractivity contribution in [3.05, 3.63) is 77.4 Å². The van der Waals surface area contributed by atoms with Crippen LogP contribution in [0.3, 0.4) is 0 Å². The van der Waals surface area contributed by atoms with Crippen LogP contribution in [0, 0.1) is 0 Å². The summed E-state index contributed by atoms with van der Waals surface area (Å²) in [6.45, 7) is 1.59. The Morgan fingerprint density at radius 3 is 2.34 bits per heavy atom. The van der Waals surface area contributed by atoms with Crippen LogP contribution in [-0.2, 0) is 16.4 Å². The Hall–Kier alpha value is -3.56. The fourth-order valence-corrected chi connectivity index (χ4v) is 6.80. The number of hydrogen-bond donors (Lipinski definition) is 2. The van der Waals surface area contributed by atoms with Crippen LogP contribution in [0.2, 0.25) is 0 Å². The Balaban J connectivity index is 1.47. The van der Waals surface area contributed by atoms with Crippen molar-refractivity contribution in [2.24, 2.45) is 0 Å². The Morgan fingerprint density at radius 2 is 1.63 bits per heavy atom. The lowest BCUT2D eigenvalue weighted by molar-refractivity contribution is 0.102. The van der Waals surface area contributed by atoms with E-state index in [0.29, 0.717) is 28.4 Å². The predicted octanol–water partition coefficient (Wildman–Crippen LogP) is 4.91. The number of rotatable bonds is 8. The van der Waals surface area contributed by atoms with Gasteiger partial charge in [-0.1, -0.05) is 24.3 Å². The van der Waals surface area contributed by atoms with E-state index in [4.69, 9.17) is 9.47 Å². The number of sulfonamides is 1. The summed E-state index contributed by atoms with van der Waals surface area (Å²) in [7, 11) is -0.865. The summed E-state index contributed by atoms with van der Waals surface area (Å²) >= 11 is 0. The van der Waals surface area contributed by atoms with Gasteiger partial charge in [0.25, 0.3) is 5.91 Å². The molecule has 1 atom stereocenters. The summed E-state index contributed by atoms with van der Waals surface area (Å²) < 4.78 is 41.3. The van der Waals surface area contributed by atoms with Gasteiger partial charge in [0.15, 0.2) is 0 Å². The number of fused-ring (bicyclic) bond motifs is 1. The zero-order chi connectivity index (χ0) is 26.7. The van der Waals surface area contributed by atoms with Gasteiger partial charge in [0.2, 0.25) is 10.0 Å². The van der Waals surface area contributed by atoms with Gasteiger partial charge < -0.3 is 19.7 Å². The van der Waals surface area contributed by atoms with Crippen LogP contribution in [0.15, 0.2) is 65.6 Å². The topological polar surface area (TPSA) is 97.0 Å². The second-order valence-electron chi connectivity index (χ2n) is 9.70. The van der Waals surface area contributed by atoms with Crippen molar-refractivity contribution >= 4 is 27.3 Å². The zero-order valence-corrected chi connectivity index (χ0v) is 22.5. The van der Waals surface area contributed by atoms with Crippen LogP contribution in [0.5, 0.6) is 11.5 Å². The highest BCUT2D eigenvalue weighted by Gasteiger charge is 2.29. The highest BCUT2D eigenvalue weighted by molar-refractivity contribution is 7.89. The lowest BCUT2D eigenvalue weighted by Gasteiger charge is -2.28. The molecule has 2 aliphatic rings. The van der Waals surface area contributed by atoms with Crippen molar-refractivity contribution in [2.45, 2.75) is 43.0 Å². The number of methoxy groups -OCH3 is 2. The Bertz CT molecular complexity index is 1410. The summed E-state index contributed by atoms with van der Waals surface area (Å²) in [4.78, 5) is 15.4. The average molecular weight is 536 g/mol. The number of nitrogens with zero attached hydrogens (tertiary/aromatic N) is 1. The molecule has 1 amide bonds. The average Bonchev–Trinajstić information content (AvgIpc) is 3.48. The second kappa shape index (κ2) is 11.0. The van der Waals surface area contributed by atoms with Gasteiger partial charge >= 0.3 is 0 Å².